The molecule has 1 aromatic heterocycles. The van der Waals surface area contributed by atoms with Crippen LogP contribution in [0.5, 0.6) is 0 Å². The Morgan fingerprint density at radius 3 is 2.29 bits per heavy atom. The number of aromatic nitrogens is 2. The van der Waals surface area contributed by atoms with Crippen molar-refractivity contribution in [2.24, 2.45) is 5.73 Å². The number of unbranched alkanes of at least 4 members (excludes halogenated alkanes) is 7. The number of primary amides is 1. The van der Waals surface area contributed by atoms with Gasteiger partial charge < -0.3 is 45.3 Å². The number of benzene rings is 1. The van der Waals surface area contributed by atoms with Gasteiger partial charge in [0.1, 0.15) is 30.5 Å². The minimum absolute atomic E-state index is 0.391. The number of nitrogens with zero attached hydrogens (tertiary/aromatic N) is 1. The number of aryl methyl sites for hydroxylation is 1. The lowest BCUT2D eigenvalue weighted by atomic mass is 10.0. The van der Waals surface area contributed by atoms with Gasteiger partial charge in [-0.05, 0) is 36.6 Å². The number of nitrogens with two attached hydrogens (primary N) is 1. The van der Waals surface area contributed by atoms with Crippen molar-refractivity contribution in [3.8, 4) is 0 Å². The lowest BCUT2D eigenvalue weighted by Gasteiger charge is -2.35. The highest BCUT2D eigenvalue weighted by molar-refractivity contribution is 6.02. The molecule has 3 heterocycles. The number of aliphatic hydroxyl groups is 3. The largest absolute Gasteiger partial charge is 0.456 e. The maximum absolute atomic E-state index is 13.1. The molecule has 15 heteroatoms. The summed E-state index contributed by atoms with van der Waals surface area (Å²) in [6.45, 7) is 2.21. The topological polar surface area (TPSA) is 225 Å². The van der Waals surface area contributed by atoms with E-state index in [9.17, 15) is 34.5 Å². The molecule has 15 nitrogen and oxygen atoms in total. The summed E-state index contributed by atoms with van der Waals surface area (Å²) in [5.41, 5.74) is 5.63. The second kappa shape index (κ2) is 17.5. The number of hydrogen-bond acceptors (Lipinski definition) is 11. The fraction of sp³-hybridized carbons (Fsp3) is 0.576. The van der Waals surface area contributed by atoms with E-state index in [1.165, 1.54) is 52.1 Å². The van der Waals surface area contributed by atoms with Crippen molar-refractivity contribution in [1.82, 2.24) is 9.55 Å². The van der Waals surface area contributed by atoms with Gasteiger partial charge in [-0.2, -0.15) is 0 Å². The molecule has 1 aromatic carbocycles. The standard InChI is InChI=1S/C33H46N4O11/c1-3-4-5-6-7-8-9-10-11-19-12-14-20(15-13-19)35-30(43)22-18-21(38)24(40)32(46-22)48-28(29(34)42)27-26(45-2)25(41)31(47-27)37-17-16-23(39)36-33(37)44/h12-18,21,24-28,31-32,38,40-41H,3-11H2,1-2H3,(H2,34,42)(H,35,43)(H,36,39,44)/t21-,24-,25+,26-,27-,28+,31+,32+/m0/s1. The predicted octanol–water partition coefficient (Wildman–Crippen LogP) is 0.964. The zero-order valence-corrected chi connectivity index (χ0v) is 27.2. The van der Waals surface area contributed by atoms with Crippen LogP contribution in [0, 0.1) is 0 Å². The van der Waals surface area contributed by atoms with Gasteiger partial charge in [0.2, 0.25) is 12.2 Å². The van der Waals surface area contributed by atoms with Crippen LogP contribution in [0.4, 0.5) is 5.69 Å². The number of carbonyl (C=O) groups excluding carboxylic acids is 2. The molecule has 1 saturated heterocycles. The van der Waals surface area contributed by atoms with E-state index in [1.807, 2.05) is 17.1 Å². The molecule has 0 aliphatic carbocycles. The molecule has 0 spiro atoms. The fourth-order valence-corrected chi connectivity index (χ4v) is 5.80. The normalized spacial score (nSPS) is 26.0. The number of ether oxygens (including phenoxy) is 4. The second-order valence-electron chi connectivity index (χ2n) is 12.0. The van der Waals surface area contributed by atoms with Gasteiger partial charge in [0.25, 0.3) is 11.5 Å². The molecule has 8 atom stereocenters. The van der Waals surface area contributed by atoms with Crippen LogP contribution >= 0.6 is 0 Å². The van der Waals surface area contributed by atoms with Crippen molar-refractivity contribution in [3.63, 3.8) is 0 Å². The second-order valence-corrected chi connectivity index (χ2v) is 12.0. The summed E-state index contributed by atoms with van der Waals surface area (Å²) in [7, 11) is 1.21. The molecule has 0 saturated carbocycles. The smallest absolute Gasteiger partial charge is 0.330 e. The average molecular weight is 675 g/mol. The van der Waals surface area contributed by atoms with E-state index in [0.29, 0.717) is 5.69 Å². The van der Waals surface area contributed by atoms with Crippen LogP contribution in [0.2, 0.25) is 0 Å². The molecule has 0 bridgehead atoms. The molecule has 2 aliphatic heterocycles. The average Bonchev–Trinajstić information content (AvgIpc) is 3.38. The Labute approximate surface area is 277 Å². The molecule has 0 radical (unpaired) electrons. The fourth-order valence-electron chi connectivity index (χ4n) is 5.80. The number of hydrogen-bond donors (Lipinski definition) is 6. The van der Waals surface area contributed by atoms with Gasteiger partial charge in [0, 0.05) is 25.1 Å². The predicted molar refractivity (Wildman–Crippen MR) is 172 cm³/mol. The zero-order valence-electron chi connectivity index (χ0n) is 27.2. The number of anilines is 1. The third kappa shape index (κ3) is 9.39. The summed E-state index contributed by atoms with van der Waals surface area (Å²) in [5.74, 6) is -2.26. The molecule has 48 heavy (non-hydrogen) atoms. The van der Waals surface area contributed by atoms with Gasteiger partial charge >= 0.3 is 5.69 Å². The Bertz CT molecular complexity index is 1510. The first-order chi connectivity index (χ1) is 23.0. The van der Waals surface area contributed by atoms with Gasteiger partial charge in [0.05, 0.1) is 0 Å². The number of amides is 2. The van der Waals surface area contributed by atoms with Crippen molar-refractivity contribution in [1.29, 1.82) is 0 Å². The molecular weight excluding hydrogens is 628 g/mol. The molecule has 2 aromatic rings. The first-order valence-electron chi connectivity index (χ1n) is 16.3. The van der Waals surface area contributed by atoms with Crippen molar-refractivity contribution < 1.29 is 43.9 Å². The van der Waals surface area contributed by atoms with E-state index in [0.717, 1.165) is 41.3 Å². The highest BCUT2D eigenvalue weighted by Crippen LogP contribution is 2.34. The molecular formula is C33H46N4O11. The summed E-state index contributed by atoms with van der Waals surface area (Å²) in [4.78, 5) is 51.5. The number of methoxy groups -OCH3 is 1. The maximum Gasteiger partial charge on any atom is 0.330 e. The van der Waals surface area contributed by atoms with Crippen molar-refractivity contribution >= 4 is 17.5 Å². The molecule has 0 unspecified atom stereocenters. The number of H-pyrrole nitrogens is 1. The number of rotatable bonds is 17. The Balaban J connectivity index is 1.36. The summed E-state index contributed by atoms with van der Waals surface area (Å²) in [6.07, 6.45) is 0.224. The van der Waals surface area contributed by atoms with Gasteiger partial charge in [0.15, 0.2) is 18.1 Å². The lowest BCUT2D eigenvalue weighted by Crippen LogP contribution is -2.53. The maximum atomic E-state index is 13.1. The molecule has 4 rings (SSSR count). The highest BCUT2D eigenvalue weighted by atomic mass is 16.7. The third-order valence-electron chi connectivity index (χ3n) is 8.45. The van der Waals surface area contributed by atoms with Crippen LogP contribution < -0.4 is 22.3 Å². The minimum Gasteiger partial charge on any atom is -0.456 e. The number of nitrogens with one attached hydrogen (secondary N) is 2. The quantitative estimate of drug-likeness (QED) is 0.130. The van der Waals surface area contributed by atoms with Crippen molar-refractivity contribution in [2.45, 2.75) is 114 Å². The van der Waals surface area contributed by atoms with E-state index in [1.54, 1.807) is 12.1 Å². The van der Waals surface area contributed by atoms with E-state index >= 15 is 0 Å². The van der Waals surface area contributed by atoms with Crippen LogP contribution in [0.15, 0.2) is 58.0 Å². The van der Waals surface area contributed by atoms with E-state index in [2.05, 4.69) is 12.2 Å². The number of aliphatic hydroxyl groups excluding tert-OH is 3. The van der Waals surface area contributed by atoms with Crippen LogP contribution in [-0.4, -0.2) is 86.7 Å². The van der Waals surface area contributed by atoms with Gasteiger partial charge in [-0.25, -0.2) is 4.79 Å². The van der Waals surface area contributed by atoms with Gasteiger partial charge in [-0.3, -0.25) is 23.9 Å². The minimum atomic E-state index is -1.79. The van der Waals surface area contributed by atoms with Crippen molar-refractivity contribution in [2.75, 3.05) is 12.4 Å². The zero-order chi connectivity index (χ0) is 34.8. The lowest BCUT2D eigenvalue weighted by molar-refractivity contribution is -0.241. The van der Waals surface area contributed by atoms with Gasteiger partial charge in [-0.1, -0.05) is 64.0 Å². The summed E-state index contributed by atoms with van der Waals surface area (Å²) in [6, 6.07) is 8.38. The monoisotopic (exact) mass is 674 g/mol. The first kappa shape index (κ1) is 37.0. The Morgan fingerprint density at radius 2 is 1.67 bits per heavy atom. The van der Waals surface area contributed by atoms with E-state index < -0.39 is 78.0 Å². The Kier molecular flexibility index (Phi) is 13.5. The SMILES string of the molecule is CCCCCCCCCCc1ccc(NC(=O)C2=C[C@H](O)[C@H](O)[C@@H](O[C@@H](C(N)=O)[C@H]3O[C@@H](n4ccc(=O)[nH]c4=O)[C@H](O)[C@@H]3OC)O2)cc1. The molecule has 2 amide bonds. The van der Waals surface area contributed by atoms with E-state index in [-0.39, 0.29) is 0 Å². The Morgan fingerprint density at radius 1 is 1.00 bits per heavy atom. The summed E-state index contributed by atoms with van der Waals surface area (Å²) < 4.78 is 23.2. The molecule has 1 fully saturated rings. The molecule has 7 N–H and O–H groups in total. The summed E-state index contributed by atoms with van der Waals surface area (Å²) >= 11 is 0. The molecule has 264 valence electrons. The number of carbonyl (C=O) groups is 2. The Hall–Kier alpha value is -3.86. The van der Waals surface area contributed by atoms with Crippen LogP contribution in [0.25, 0.3) is 0 Å². The molecule has 2 aliphatic rings. The highest BCUT2D eigenvalue weighted by Gasteiger charge is 2.52. The van der Waals surface area contributed by atoms with Gasteiger partial charge in [-0.15, -0.1) is 0 Å². The summed E-state index contributed by atoms with van der Waals surface area (Å²) in [5, 5.41) is 34.7. The van der Waals surface area contributed by atoms with Crippen LogP contribution in [-0.2, 0) is 35.0 Å². The first-order valence-corrected chi connectivity index (χ1v) is 16.3. The van der Waals surface area contributed by atoms with Crippen LogP contribution in [0.1, 0.15) is 70.1 Å². The van der Waals surface area contributed by atoms with E-state index in [4.69, 9.17) is 24.7 Å². The third-order valence-corrected chi connectivity index (χ3v) is 8.45. The number of aromatic amines is 1. The van der Waals surface area contributed by atoms with Crippen LogP contribution in [0.3, 0.4) is 0 Å². The van der Waals surface area contributed by atoms with Crippen molar-refractivity contribution in [3.05, 3.63) is 74.8 Å².